The van der Waals surface area contributed by atoms with Gasteiger partial charge in [-0.25, -0.2) is 0 Å². The summed E-state index contributed by atoms with van der Waals surface area (Å²) in [6.45, 7) is 0. The van der Waals surface area contributed by atoms with E-state index in [0.29, 0.717) is 6.04 Å². The molecule has 1 aliphatic carbocycles. The summed E-state index contributed by atoms with van der Waals surface area (Å²) >= 11 is 0. The Kier molecular flexibility index (Phi) is 3.49. The lowest BCUT2D eigenvalue weighted by Gasteiger charge is -2.23. The second-order valence-corrected chi connectivity index (χ2v) is 4.31. The van der Waals surface area contributed by atoms with E-state index in [-0.39, 0.29) is 0 Å². The van der Waals surface area contributed by atoms with Crippen LogP contribution >= 0.6 is 0 Å². The molecule has 2 N–H and O–H groups in total. The third-order valence-corrected chi connectivity index (χ3v) is 3.15. The van der Waals surface area contributed by atoms with Gasteiger partial charge in [-0.3, -0.25) is 0 Å². The third-order valence-electron chi connectivity index (χ3n) is 3.15. The number of nitrogens with one attached hydrogen (secondary N) is 2. The predicted octanol–water partition coefficient (Wildman–Crippen LogP) is 3.47. The van der Waals surface area contributed by atoms with Gasteiger partial charge in [0.25, 0.3) is 0 Å². The van der Waals surface area contributed by atoms with Crippen molar-refractivity contribution in [1.29, 1.82) is 0 Å². The molecule has 1 aromatic rings. The van der Waals surface area contributed by atoms with Crippen LogP contribution in [0.4, 0.5) is 11.4 Å². The fourth-order valence-corrected chi connectivity index (χ4v) is 2.22. The van der Waals surface area contributed by atoms with Gasteiger partial charge in [-0.1, -0.05) is 19.3 Å². The number of anilines is 2. The zero-order valence-electron chi connectivity index (χ0n) is 9.42. The van der Waals surface area contributed by atoms with Gasteiger partial charge in [-0.2, -0.15) is 0 Å². The molecule has 0 aliphatic heterocycles. The van der Waals surface area contributed by atoms with Crippen LogP contribution in [0.3, 0.4) is 0 Å². The molecule has 82 valence electrons. The molecule has 2 rings (SSSR count). The molecule has 1 aromatic carbocycles. The molecular weight excluding hydrogens is 184 g/mol. The highest BCUT2D eigenvalue weighted by molar-refractivity contribution is 5.53. The predicted molar refractivity (Wildman–Crippen MR) is 66.5 cm³/mol. The van der Waals surface area contributed by atoms with Crippen molar-refractivity contribution in [3.05, 3.63) is 24.3 Å². The Labute approximate surface area is 92.1 Å². The van der Waals surface area contributed by atoms with Gasteiger partial charge in [0.05, 0.1) is 0 Å². The molecule has 0 spiro atoms. The Balaban J connectivity index is 1.91. The summed E-state index contributed by atoms with van der Waals surface area (Å²) in [5.74, 6) is 0. The summed E-state index contributed by atoms with van der Waals surface area (Å²) in [7, 11) is 1.95. The van der Waals surface area contributed by atoms with E-state index in [2.05, 4.69) is 34.9 Å². The minimum Gasteiger partial charge on any atom is -0.388 e. The molecule has 0 amide bonds. The van der Waals surface area contributed by atoms with Crippen LogP contribution in [0.5, 0.6) is 0 Å². The van der Waals surface area contributed by atoms with Crippen LogP contribution in [0, 0.1) is 0 Å². The fourth-order valence-electron chi connectivity index (χ4n) is 2.22. The lowest BCUT2D eigenvalue weighted by molar-refractivity contribution is 0.463. The van der Waals surface area contributed by atoms with Crippen molar-refractivity contribution in [1.82, 2.24) is 0 Å². The van der Waals surface area contributed by atoms with Crippen molar-refractivity contribution in [3.8, 4) is 0 Å². The summed E-state index contributed by atoms with van der Waals surface area (Å²) in [5, 5.41) is 6.73. The summed E-state index contributed by atoms with van der Waals surface area (Å²) in [4.78, 5) is 0. The molecule has 0 saturated heterocycles. The van der Waals surface area contributed by atoms with Crippen LogP contribution < -0.4 is 10.6 Å². The number of benzene rings is 1. The molecule has 2 nitrogen and oxygen atoms in total. The van der Waals surface area contributed by atoms with Crippen LogP contribution in [0.15, 0.2) is 24.3 Å². The number of rotatable bonds is 3. The molecular formula is C13H20N2. The standard InChI is InChI=1S/C13H20N2/c1-14-11-7-9-13(10-8-11)15-12-5-3-2-4-6-12/h7-10,12,14-15H,2-6H2,1H3. The maximum Gasteiger partial charge on any atom is 0.0343 e. The minimum absolute atomic E-state index is 0.694. The number of hydrogen-bond acceptors (Lipinski definition) is 2. The molecule has 0 heterocycles. The van der Waals surface area contributed by atoms with Crippen molar-refractivity contribution in [3.63, 3.8) is 0 Å². The number of hydrogen-bond donors (Lipinski definition) is 2. The van der Waals surface area contributed by atoms with Crippen LogP contribution in [0.25, 0.3) is 0 Å². The summed E-state index contributed by atoms with van der Waals surface area (Å²) in [5.41, 5.74) is 2.42. The van der Waals surface area contributed by atoms with E-state index < -0.39 is 0 Å². The first-order chi connectivity index (χ1) is 7.38. The first-order valence-corrected chi connectivity index (χ1v) is 5.93. The van der Waals surface area contributed by atoms with Crippen molar-refractivity contribution < 1.29 is 0 Å². The molecule has 0 aromatic heterocycles. The smallest absolute Gasteiger partial charge is 0.0343 e. The van der Waals surface area contributed by atoms with Crippen molar-refractivity contribution in [2.45, 2.75) is 38.1 Å². The maximum atomic E-state index is 3.60. The maximum absolute atomic E-state index is 3.60. The van der Waals surface area contributed by atoms with Crippen molar-refractivity contribution in [2.75, 3.05) is 17.7 Å². The van der Waals surface area contributed by atoms with Crippen molar-refractivity contribution in [2.24, 2.45) is 0 Å². The van der Waals surface area contributed by atoms with Crippen LogP contribution in [0.2, 0.25) is 0 Å². The first kappa shape index (κ1) is 10.3. The van der Waals surface area contributed by atoms with E-state index >= 15 is 0 Å². The quantitative estimate of drug-likeness (QED) is 0.787. The molecule has 0 unspecified atom stereocenters. The van der Waals surface area contributed by atoms with Crippen molar-refractivity contribution >= 4 is 11.4 Å². The minimum atomic E-state index is 0.694. The Morgan fingerprint density at radius 1 is 0.933 bits per heavy atom. The Morgan fingerprint density at radius 2 is 1.53 bits per heavy atom. The van der Waals surface area contributed by atoms with Gasteiger partial charge in [0.2, 0.25) is 0 Å². The average Bonchev–Trinajstić information content (AvgIpc) is 2.31. The van der Waals surface area contributed by atoms with Crippen LogP contribution in [-0.4, -0.2) is 13.1 Å². The Morgan fingerprint density at radius 3 is 2.13 bits per heavy atom. The first-order valence-electron chi connectivity index (χ1n) is 5.93. The Hall–Kier alpha value is -1.18. The van der Waals surface area contributed by atoms with Gasteiger partial charge < -0.3 is 10.6 Å². The average molecular weight is 204 g/mol. The third kappa shape index (κ3) is 2.88. The monoisotopic (exact) mass is 204 g/mol. The van der Waals surface area contributed by atoms with Crippen LogP contribution in [-0.2, 0) is 0 Å². The van der Waals surface area contributed by atoms with Gasteiger partial charge in [0.15, 0.2) is 0 Å². The van der Waals surface area contributed by atoms with Gasteiger partial charge in [-0.05, 0) is 37.1 Å². The normalized spacial score (nSPS) is 17.4. The van der Waals surface area contributed by atoms with E-state index in [1.54, 1.807) is 0 Å². The van der Waals surface area contributed by atoms with Gasteiger partial charge in [-0.15, -0.1) is 0 Å². The van der Waals surface area contributed by atoms with E-state index in [4.69, 9.17) is 0 Å². The summed E-state index contributed by atoms with van der Waals surface area (Å²) in [6.07, 6.45) is 6.83. The highest BCUT2D eigenvalue weighted by Gasteiger charge is 2.12. The second kappa shape index (κ2) is 5.06. The lowest BCUT2D eigenvalue weighted by Crippen LogP contribution is -2.22. The zero-order chi connectivity index (χ0) is 10.5. The van der Waals surface area contributed by atoms with Crippen LogP contribution in [0.1, 0.15) is 32.1 Å². The van der Waals surface area contributed by atoms with Gasteiger partial charge >= 0.3 is 0 Å². The second-order valence-electron chi connectivity index (χ2n) is 4.31. The van der Waals surface area contributed by atoms with Gasteiger partial charge in [0.1, 0.15) is 0 Å². The molecule has 0 atom stereocenters. The lowest BCUT2D eigenvalue weighted by atomic mass is 9.95. The SMILES string of the molecule is CNc1ccc(NC2CCCCC2)cc1. The zero-order valence-corrected chi connectivity index (χ0v) is 9.42. The topological polar surface area (TPSA) is 24.1 Å². The highest BCUT2D eigenvalue weighted by atomic mass is 14.9. The molecule has 0 radical (unpaired) electrons. The molecule has 1 aliphatic rings. The molecule has 15 heavy (non-hydrogen) atoms. The largest absolute Gasteiger partial charge is 0.388 e. The van der Waals surface area contributed by atoms with E-state index in [0.717, 1.165) is 0 Å². The molecule has 0 bridgehead atoms. The van der Waals surface area contributed by atoms with E-state index in [1.807, 2.05) is 7.05 Å². The molecule has 1 saturated carbocycles. The summed E-state index contributed by atoms with van der Waals surface area (Å²) in [6, 6.07) is 9.23. The molecule has 1 fully saturated rings. The van der Waals surface area contributed by atoms with E-state index in [1.165, 1.54) is 43.5 Å². The van der Waals surface area contributed by atoms with Gasteiger partial charge in [0, 0.05) is 24.5 Å². The Bertz CT molecular complexity index is 286. The molecule has 2 heteroatoms. The summed E-state index contributed by atoms with van der Waals surface area (Å²) < 4.78 is 0. The van der Waals surface area contributed by atoms with E-state index in [9.17, 15) is 0 Å². The fraction of sp³-hybridized carbons (Fsp3) is 0.538. The highest BCUT2D eigenvalue weighted by Crippen LogP contribution is 2.22.